The third-order valence-corrected chi connectivity index (χ3v) is 11.8. The fourth-order valence-electron chi connectivity index (χ4n) is 9.31. The summed E-state index contributed by atoms with van der Waals surface area (Å²) in [6.45, 7) is 0. The van der Waals surface area contributed by atoms with Gasteiger partial charge >= 0.3 is 0 Å². The van der Waals surface area contributed by atoms with Gasteiger partial charge in [0.2, 0.25) is 0 Å². The Labute approximate surface area is 320 Å². The first-order chi connectivity index (χ1) is 27.3. The number of allylic oxidation sites excluding steroid dienone is 3. The summed E-state index contributed by atoms with van der Waals surface area (Å²) in [6.07, 6.45) is 10.0. The minimum atomic E-state index is 0.331. The number of aryl methyl sites for hydroxylation is 1. The predicted molar refractivity (Wildman–Crippen MR) is 228 cm³/mol. The van der Waals surface area contributed by atoms with Crippen molar-refractivity contribution in [1.29, 1.82) is 0 Å². The first-order valence-electron chi connectivity index (χ1n) is 19.6. The van der Waals surface area contributed by atoms with Gasteiger partial charge in [-0.05, 0) is 89.6 Å². The van der Waals surface area contributed by atoms with Gasteiger partial charge in [0.25, 0.3) is 0 Å². The zero-order chi connectivity index (χ0) is 36.3. The van der Waals surface area contributed by atoms with E-state index < -0.39 is 0 Å². The largest absolute Gasteiger partial charge is 0.455 e. The molecule has 264 valence electrons. The van der Waals surface area contributed by atoms with E-state index in [-0.39, 0.29) is 0 Å². The van der Waals surface area contributed by atoms with Crippen LogP contribution in [0.15, 0.2) is 184 Å². The van der Waals surface area contributed by atoms with Gasteiger partial charge in [-0.3, -0.25) is 0 Å². The molecule has 0 spiro atoms. The van der Waals surface area contributed by atoms with Crippen molar-refractivity contribution in [2.75, 3.05) is 4.90 Å². The lowest BCUT2D eigenvalue weighted by atomic mass is 9.86. The Bertz CT molecular complexity index is 2960. The Hall–Kier alpha value is -6.58. The molecule has 2 heterocycles. The number of fused-ring (bicyclic) bond motifs is 8. The highest BCUT2D eigenvalue weighted by atomic mass is 16.3. The van der Waals surface area contributed by atoms with Crippen molar-refractivity contribution >= 4 is 55.1 Å². The van der Waals surface area contributed by atoms with Gasteiger partial charge in [0.1, 0.15) is 16.7 Å². The van der Waals surface area contributed by atoms with E-state index in [1.54, 1.807) is 0 Å². The number of rotatable bonds is 6. The number of benzene rings is 7. The standard InChI is InChI=1S/C52H39NO2/c1-3-16-34(17-4-1)36-20-13-21-37(32-36)53(47-29-14-27-43-41-25-11-12-30-48(41)54-52(43)47)46-28-15-31-49-50(46)45-33-44(40-24-9-10-26-42(40)51(45)55-49)39-23-8-7-22-38(39)35-18-5-2-6-19-35/h1-12,15-19,22-26,28-33,36H,13-14,20-21,27H2. The number of nitrogens with zero attached hydrogens (tertiary/aromatic N) is 1. The Kier molecular flexibility index (Phi) is 7.58. The number of hydrogen-bond donors (Lipinski definition) is 0. The molecule has 0 aliphatic heterocycles. The molecule has 11 rings (SSSR count). The molecular formula is C52H39NO2. The first kappa shape index (κ1) is 31.9. The highest BCUT2D eigenvalue weighted by Crippen LogP contribution is 2.49. The van der Waals surface area contributed by atoms with Crippen molar-refractivity contribution in [3.05, 3.63) is 192 Å². The van der Waals surface area contributed by atoms with Gasteiger partial charge in [-0.25, -0.2) is 0 Å². The lowest BCUT2D eigenvalue weighted by Gasteiger charge is -2.34. The Morgan fingerprint density at radius 2 is 1.25 bits per heavy atom. The quantitative estimate of drug-likeness (QED) is 0.172. The maximum Gasteiger partial charge on any atom is 0.155 e. The van der Waals surface area contributed by atoms with Gasteiger partial charge in [0.05, 0.1) is 16.8 Å². The zero-order valence-electron chi connectivity index (χ0n) is 30.5. The molecule has 2 aromatic heterocycles. The van der Waals surface area contributed by atoms with Crippen molar-refractivity contribution in [3.8, 4) is 22.3 Å². The fourth-order valence-corrected chi connectivity index (χ4v) is 9.31. The molecular weight excluding hydrogens is 671 g/mol. The van der Waals surface area contributed by atoms with Crippen LogP contribution in [-0.2, 0) is 6.42 Å². The van der Waals surface area contributed by atoms with E-state index in [9.17, 15) is 0 Å². The number of furan rings is 2. The molecule has 0 bridgehead atoms. The highest BCUT2D eigenvalue weighted by Gasteiger charge is 2.31. The lowest BCUT2D eigenvalue weighted by Crippen LogP contribution is -2.25. The van der Waals surface area contributed by atoms with Gasteiger partial charge in [0, 0.05) is 33.3 Å². The predicted octanol–water partition coefficient (Wildman–Crippen LogP) is 14.5. The molecule has 7 aromatic carbocycles. The minimum Gasteiger partial charge on any atom is -0.455 e. The second-order valence-electron chi connectivity index (χ2n) is 14.9. The van der Waals surface area contributed by atoms with Gasteiger partial charge in [0.15, 0.2) is 5.76 Å². The van der Waals surface area contributed by atoms with Crippen LogP contribution in [0.25, 0.3) is 71.6 Å². The van der Waals surface area contributed by atoms with Crippen LogP contribution in [0.2, 0.25) is 0 Å². The number of anilines is 1. The van der Waals surface area contributed by atoms with Crippen molar-refractivity contribution in [1.82, 2.24) is 0 Å². The van der Waals surface area contributed by atoms with Crippen LogP contribution in [0.3, 0.4) is 0 Å². The fraction of sp³-hybridized carbons (Fsp3) is 0.115. The molecule has 2 aliphatic carbocycles. The van der Waals surface area contributed by atoms with Crippen molar-refractivity contribution in [2.24, 2.45) is 0 Å². The van der Waals surface area contributed by atoms with Gasteiger partial charge in [-0.2, -0.15) is 0 Å². The summed E-state index contributed by atoms with van der Waals surface area (Å²) in [5.74, 6) is 1.31. The monoisotopic (exact) mass is 709 g/mol. The minimum absolute atomic E-state index is 0.331. The topological polar surface area (TPSA) is 29.5 Å². The molecule has 3 heteroatoms. The van der Waals surface area contributed by atoms with Gasteiger partial charge in [-0.1, -0.05) is 146 Å². The molecule has 3 nitrogen and oxygen atoms in total. The molecule has 0 radical (unpaired) electrons. The summed E-state index contributed by atoms with van der Waals surface area (Å²) in [6, 6.07) is 56.7. The summed E-state index contributed by atoms with van der Waals surface area (Å²) in [4.78, 5) is 2.53. The van der Waals surface area contributed by atoms with Crippen LogP contribution in [0, 0.1) is 0 Å². The zero-order valence-corrected chi connectivity index (χ0v) is 30.5. The molecule has 0 amide bonds. The van der Waals surface area contributed by atoms with Crippen LogP contribution >= 0.6 is 0 Å². The summed E-state index contributed by atoms with van der Waals surface area (Å²) >= 11 is 0. The normalized spacial score (nSPS) is 15.7. The second kappa shape index (κ2) is 13.1. The van der Waals surface area contributed by atoms with E-state index in [0.29, 0.717) is 5.92 Å². The van der Waals surface area contributed by atoms with Crippen LogP contribution < -0.4 is 4.90 Å². The molecule has 1 unspecified atom stereocenters. The van der Waals surface area contributed by atoms with E-state index in [4.69, 9.17) is 8.83 Å². The molecule has 0 saturated carbocycles. The van der Waals surface area contributed by atoms with E-state index in [0.717, 1.165) is 82.2 Å². The molecule has 1 atom stereocenters. The maximum atomic E-state index is 6.96. The van der Waals surface area contributed by atoms with E-state index in [2.05, 4.69) is 175 Å². The summed E-state index contributed by atoms with van der Waals surface area (Å²) in [7, 11) is 0. The highest BCUT2D eigenvalue weighted by molar-refractivity contribution is 6.23. The van der Waals surface area contributed by atoms with E-state index in [1.807, 2.05) is 0 Å². The molecule has 0 N–H and O–H groups in total. The van der Waals surface area contributed by atoms with Crippen LogP contribution in [0.5, 0.6) is 0 Å². The Balaban J connectivity index is 1.19. The number of hydrogen-bond acceptors (Lipinski definition) is 3. The molecule has 9 aromatic rings. The SMILES string of the molecule is C1=C(N(C2=CCCc3c2oc2ccccc32)c2cccc3oc4c5ccccc5c(-c5ccccc5-c5ccccc5)cc4c23)CCCC1c1ccccc1. The molecule has 0 fully saturated rings. The third kappa shape index (κ3) is 5.26. The smallest absolute Gasteiger partial charge is 0.155 e. The van der Waals surface area contributed by atoms with E-state index in [1.165, 1.54) is 49.9 Å². The summed E-state index contributed by atoms with van der Waals surface area (Å²) in [5.41, 5.74) is 13.8. The number of para-hydroxylation sites is 1. The summed E-state index contributed by atoms with van der Waals surface area (Å²) in [5, 5.41) is 5.74. The van der Waals surface area contributed by atoms with Gasteiger partial charge in [-0.15, -0.1) is 0 Å². The Morgan fingerprint density at radius 1 is 0.545 bits per heavy atom. The maximum absolute atomic E-state index is 6.96. The second-order valence-corrected chi connectivity index (χ2v) is 14.9. The Morgan fingerprint density at radius 3 is 2.11 bits per heavy atom. The first-order valence-corrected chi connectivity index (χ1v) is 19.6. The van der Waals surface area contributed by atoms with Crippen LogP contribution in [0.4, 0.5) is 5.69 Å². The van der Waals surface area contributed by atoms with Crippen molar-refractivity contribution < 1.29 is 8.83 Å². The molecule has 55 heavy (non-hydrogen) atoms. The summed E-state index contributed by atoms with van der Waals surface area (Å²) < 4.78 is 13.8. The molecule has 0 saturated heterocycles. The average molecular weight is 710 g/mol. The average Bonchev–Trinajstić information content (AvgIpc) is 3.84. The third-order valence-electron chi connectivity index (χ3n) is 11.8. The van der Waals surface area contributed by atoms with Crippen molar-refractivity contribution in [2.45, 2.75) is 38.0 Å². The lowest BCUT2D eigenvalue weighted by molar-refractivity contribution is 0.583. The molecule has 2 aliphatic rings. The van der Waals surface area contributed by atoms with Crippen LogP contribution in [0.1, 0.15) is 48.5 Å². The van der Waals surface area contributed by atoms with Crippen LogP contribution in [-0.4, -0.2) is 0 Å². The van der Waals surface area contributed by atoms with Crippen molar-refractivity contribution in [3.63, 3.8) is 0 Å². The van der Waals surface area contributed by atoms with E-state index >= 15 is 0 Å². The van der Waals surface area contributed by atoms with Gasteiger partial charge < -0.3 is 13.7 Å².